The number of benzene rings is 1. The predicted molar refractivity (Wildman–Crippen MR) is 81.2 cm³/mol. The van der Waals surface area contributed by atoms with Crippen LogP contribution in [0.1, 0.15) is 22.8 Å². The molecule has 0 aliphatic carbocycles. The number of hydrogen-bond donors (Lipinski definition) is 0. The van der Waals surface area contributed by atoms with Crippen LogP contribution in [0.4, 0.5) is 0 Å². The Hall–Kier alpha value is -2.61. The Morgan fingerprint density at radius 2 is 1.78 bits per heavy atom. The van der Waals surface area contributed by atoms with Gasteiger partial charge in [-0.3, -0.25) is 0 Å². The third kappa shape index (κ3) is 3.78. The van der Waals surface area contributed by atoms with Crippen molar-refractivity contribution in [3.05, 3.63) is 65.6 Å². The van der Waals surface area contributed by atoms with Gasteiger partial charge in [0.05, 0.1) is 6.42 Å². The Morgan fingerprint density at radius 1 is 1.09 bits per heavy atom. The Bertz CT molecular complexity index is 890. The maximum absolute atomic E-state index is 12.2. The Kier molecular flexibility index (Phi) is 4.16. The first-order valence-corrected chi connectivity index (χ1v) is 8.55. The molecule has 0 bridgehead atoms. The van der Waals surface area contributed by atoms with Gasteiger partial charge in [-0.25, -0.2) is 18.4 Å². The van der Waals surface area contributed by atoms with Crippen molar-refractivity contribution in [2.75, 3.05) is 0 Å². The van der Waals surface area contributed by atoms with Crippen LogP contribution in [-0.4, -0.2) is 28.5 Å². The molecule has 0 aliphatic rings. The van der Waals surface area contributed by atoms with Crippen LogP contribution in [0.25, 0.3) is 0 Å². The monoisotopic (exact) mass is 330 g/mol. The van der Waals surface area contributed by atoms with E-state index in [4.69, 9.17) is 4.52 Å². The highest BCUT2D eigenvalue weighted by Gasteiger charge is 2.22. The van der Waals surface area contributed by atoms with E-state index in [2.05, 4.69) is 20.1 Å². The van der Waals surface area contributed by atoms with Crippen LogP contribution in [0, 0.1) is 6.92 Å². The second kappa shape index (κ2) is 6.25. The molecule has 8 heteroatoms. The molecule has 0 unspecified atom stereocenters. The maximum Gasteiger partial charge on any atom is 0.247 e. The van der Waals surface area contributed by atoms with E-state index in [1.807, 2.05) is 30.3 Å². The SMILES string of the molecule is Cc1cnc(S(=O)(=O)Cc2noc(Cc3ccccc3)n2)nc1. The van der Waals surface area contributed by atoms with Crippen molar-refractivity contribution >= 4 is 9.84 Å². The summed E-state index contributed by atoms with van der Waals surface area (Å²) in [7, 11) is -3.70. The van der Waals surface area contributed by atoms with Gasteiger partial charge < -0.3 is 4.52 Å². The second-order valence-corrected chi connectivity index (χ2v) is 6.95. The molecule has 0 saturated heterocycles. The van der Waals surface area contributed by atoms with Crippen LogP contribution < -0.4 is 0 Å². The van der Waals surface area contributed by atoms with E-state index < -0.39 is 15.6 Å². The molecule has 7 nitrogen and oxygen atoms in total. The normalized spacial score (nSPS) is 11.5. The number of hydrogen-bond acceptors (Lipinski definition) is 7. The van der Waals surface area contributed by atoms with Crippen molar-refractivity contribution in [2.24, 2.45) is 0 Å². The average molecular weight is 330 g/mol. The van der Waals surface area contributed by atoms with Crippen molar-refractivity contribution in [1.29, 1.82) is 0 Å². The molecule has 23 heavy (non-hydrogen) atoms. The van der Waals surface area contributed by atoms with Gasteiger partial charge in [0.15, 0.2) is 5.82 Å². The first kappa shape index (κ1) is 15.3. The lowest BCUT2D eigenvalue weighted by Gasteiger charge is -1.99. The van der Waals surface area contributed by atoms with E-state index in [0.717, 1.165) is 11.1 Å². The van der Waals surface area contributed by atoms with Gasteiger partial charge in [0.25, 0.3) is 0 Å². The Balaban J connectivity index is 1.74. The lowest BCUT2D eigenvalue weighted by Crippen LogP contribution is -2.10. The highest BCUT2D eigenvalue weighted by atomic mass is 32.2. The molecule has 0 amide bonds. The number of sulfone groups is 1. The quantitative estimate of drug-likeness (QED) is 0.657. The van der Waals surface area contributed by atoms with E-state index >= 15 is 0 Å². The fourth-order valence-electron chi connectivity index (χ4n) is 1.97. The third-order valence-corrected chi connectivity index (χ3v) is 4.47. The zero-order valence-corrected chi connectivity index (χ0v) is 13.2. The fourth-order valence-corrected chi connectivity index (χ4v) is 2.98. The molecule has 0 spiro atoms. The van der Waals surface area contributed by atoms with Gasteiger partial charge in [-0.2, -0.15) is 4.98 Å². The summed E-state index contributed by atoms with van der Waals surface area (Å²) in [6.07, 6.45) is 3.36. The molecule has 0 fully saturated rings. The number of aromatic nitrogens is 4. The Labute approximate surface area is 133 Å². The summed E-state index contributed by atoms with van der Waals surface area (Å²) in [5, 5.41) is 3.48. The van der Waals surface area contributed by atoms with Crippen LogP contribution in [0.2, 0.25) is 0 Å². The van der Waals surface area contributed by atoms with Gasteiger partial charge in [-0.1, -0.05) is 35.5 Å². The van der Waals surface area contributed by atoms with Gasteiger partial charge in [-0.05, 0) is 18.1 Å². The standard InChI is InChI=1S/C15H14N4O3S/c1-11-8-16-15(17-9-11)23(20,21)10-13-18-14(22-19-13)7-12-5-3-2-4-6-12/h2-6,8-9H,7,10H2,1H3. The van der Waals surface area contributed by atoms with Gasteiger partial charge in [0.2, 0.25) is 20.9 Å². The molecular formula is C15H14N4O3S. The highest BCUT2D eigenvalue weighted by Crippen LogP contribution is 2.12. The maximum atomic E-state index is 12.2. The molecule has 0 radical (unpaired) electrons. The lowest BCUT2D eigenvalue weighted by molar-refractivity contribution is 0.380. The summed E-state index contributed by atoms with van der Waals surface area (Å²) in [5.74, 6) is 0.0697. The van der Waals surface area contributed by atoms with Crippen LogP contribution in [0.3, 0.4) is 0 Å². The van der Waals surface area contributed by atoms with E-state index in [9.17, 15) is 8.42 Å². The third-order valence-electron chi connectivity index (χ3n) is 3.06. The summed E-state index contributed by atoms with van der Waals surface area (Å²) >= 11 is 0. The average Bonchev–Trinajstić information content (AvgIpc) is 2.95. The van der Waals surface area contributed by atoms with Crippen molar-refractivity contribution < 1.29 is 12.9 Å². The zero-order valence-electron chi connectivity index (χ0n) is 12.4. The molecule has 0 aliphatic heterocycles. The minimum atomic E-state index is -3.70. The van der Waals surface area contributed by atoms with E-state index in [0.29, 0.717) is 12.3 Å². The van der Waals surface area contributed by atoms with E-state index in [-0.39, 0.29) is 11.0 Å². The predicted octanol–water partition coefficient (Wildman–Crippen LogP) is 1.73. The van der Waals surface area contributed by atoms with Crippen LogP contribution >= 0.6 is 0 Å². The first-order chi connectivity index (χ1) is 11.0. The van der Waals surface area contributed by atoms with Gasteiger partial charge in [0, 0.05) is 12.4 Å². The summed E-state index contributed by atoms with van der Waals surface area (Å²) in [5.41, 5.74) is 1.79. The summed E-state index contributed by atoms with van der Waals surface area (Å²) in [6.45, 7) is 1.78. The summed E-state index contributed by atoms with van der Waals surface area (Å²) < 4.78 is 29.6. The molecule has 3 aromatic rings. The molecule has 1 aromatic carbocycles. The minimum Gasteiger partial charge on any atom is -0.339 e. The molecule has 0 N–H and O–H groups in total. The zero-order chi connectivity index (χ0) is 16.3. The first-order valence-electron chi connectivity index (χ1n) is 6.90. The summed E-state index contributed by atoms with van der Waals surface area (Å²) in [4.78, 5) is 11.8. The molecule has 118 valence electrons. The molecule has 2 heterocycles. The molecule has 3 rings (SSSR count). The highest BCUT2D eigenvalue weighted by molar-refractivity contribution is 7.90. The van der Waals surface area contributed by atoms with Crippen molar-refractivity contribution in [2.45, 2.75) is 24.3 Å². The minimum absolute atomic E-state index is 0.0973. The van der Waals surface area contributed by atoms with Crippen LogP contribution in [0.15, 0.2) is 52.4 Å². The molecular weight excluding hydrogens is 316 g/mol. The lowest BCUT2D eigenvalue weighted by atomic mass is 10.1. The van der Waals surface area contributed by atoms with Crippen molar-refractivity contribution in [1.82, 2.24) is 20.1 Å². The van der Waals surface area contributed by atoms with Gasteiger partial charge in [-0.15, -0.1) is 0 Å². The van der Waals surface area contributed by atoms with Gasteiger partial charge >= 0.3 is 0 Å². The fraction of sp³-hybridized carbons (Fsp3) is 0.200. The number of nitrogens with zero attached hydrogens (tertiary/aromatic N) is 4. The number of rotatable bonds is 5. The van der Waals surface area contributed by atoms with Crippen LogP contribution in [0.5, 0.6) is 0 Å². The second-order valence-electron chi connectivity index (χ2n) is 5.07. The summed E-state index contributed by atoms with van der Waals surface area (Å²) in [6, 6.07) is 9.59. The number of aryl methyl sites for hydroxylation is 1. The topological polar surface area (TPSA) is 98.8 Å². The largest absolute Gasteiger partial charge is 0.339 e. The van der Waals surface area contributed by atoms with Crippen LogP contribution in [-0.2, 0) is 22.0 Å². The van der Waals surface area contributed by atoms with Gasteiger partial charge in [0.1, 0.15) is 5.75 Å². The van der Waals surface area contributed by atoms with E-state index in [1.165, 1.54) is 12.4 Å². The smallest absolute Gasteiger partial charge is 0.247 e. The molecule has 2 aromatic heterocycles. The van der Waals surface area contributed by atoms with Crippen molar-refractivity contribution in [3.8, 4) is 0 Å². The Morgan fingerprint density at radius 3 is 2.48 bits per heavy atom. The molecule has 0 atom stereocenters. The van der Waals surface area contributed by atoms with Crippen molar-refractivity contribution in [3.63, 3.8) is 0 Å². The van der Waals surface area contributed by atoms with E-state index in [1.54, 1.807) is 6.92 Å². The molecule has 0 saturated carbocycles.